The summed E-state index contributed by atoms with van der Waals surface area (Å²) < 4.78 is 5.25. The van der Waals surface area contributed by atoms with Gasteiger partial charge in [0.25, 0.3) is 5.91 Å². The smallest absolute Gasteiger partial charge is 0.257 e. The lowest BCUT2D eigenvalue weighted by Gasteiger charge is -2.09. The molecule has 1 amide bonds. The van der Waals surface area contributed by atoms with Gasteiger partial charge in [-0.25, -0.2) is 0 Å². The van der Waals surface area contributed by atoms with Gasteiger partial charge in [-0.1, -0.05) is 34.8 Å². The van der Waals surface area contributed by atoms with Crippen molar-refractivity contribution in [1.29, 1.82) is 0 Å². The number of carbonyl (C=O) groups excluding carboxylic acids is 1. The summed E-state index contributed by atoms with van der Waals surface area (Å²) >= 11 is 17.5. The van der Waals surface area contributed by atoms with Crippen LogP contribution in [0.2, 0.25) is 15.1 Å². The molecule has 19 heavy (non-hydrogen) atoms. The van der Waals surface area contributed by atoms with Crippen molar-refractivity contribution in [3.63, 3.8) is 0 Å². The van der Waals surface area contributed by atoms with E-state index in [9.17, 15) is 4.79 Å². The van der Waals surface area contributed by atoms with E-state index in [1.165, 1.54) is 12.1 Å². The van der Waals surface area contributed by atoms with Gasteiger partial charge in [0.2, 0.25) is 0 Å². The fourth-order valence-corrected chi connectivity index (χ4v) is 1.87. The van der Waals surface area contributed by atoms with Crippen molar-refractivity contribution in [2.45, 2.75) is 12.8 Å². The summed E-state index contributed by atoms with van der Waals surface area (Å²) in [5.74, 6) is 0.0432. The van der Waals surface area contributed by atoms with Gasteiger partial charge in [0.05, 0.1) is 15.1 Å². The molecule has 1 aromatic rings. The van der Waals surface area contributed by atoms with Crippen molar-refractivity contribution in [1.82, 2.24) is 5.32 Å². The lowest BCUT2D eigenvalue weighted by Crippen LogP contribution is -2.29. The fourth-order valence-electron chi connectivity index (χ4n) is 1.27. The zero-order valence-electron chi connectivity index (χ0n) is 10.1. The zero-order valence-corrected chi connectivity index (χ0v) is 12.4. The molecule has 2 N–H and O–H groups in total. The number of halogens is 3. The second-order valence-electron chi connectivity index (χ2n) is 3.77. The van der Waals surface area contributed by atoms with Gasteiger partial charge >= 0.3 is 0 Å². The van der Waals surface area contributed by atoms with Crippen LogP contribution >= 0.6 is 34.8 Å². The summed E-state index contributed by atoms with van der Waals surface area (Å²) in [5, 5.41) is 12.2. The summed E-state index contributed by atoms with van der Waals surface area (Å²) in [4.78, 5) is 11.4. The Morgan fingerprint density at radius 2 is 1.84 bits per heavy atom. The number of ether oxygens (including phenoxy) is 1. The number of rotatable bonds is 7. The largest absolute Gasteiger partial charge is 0.482 e. The second-order valence-corrected chi connectivity index (χ2v) is 4.99. The van der Waals surface area contributed by atoms with Crippen LogP contribution in [0.25, 0.3) is 0 Å². The number of aliphatic hydroxyl groups excluding tert-OH is 1. The maximum absolute atomic E-state index is 11.4. The molecule has 106 valence electrons. The predicted octanol–water partition coefficient (Wildman–Crippen LogP) is 2.91. The number of carbonyl (C=O) groups is 1. The fraction of sp³-hybridized carbons (Fsp3) is 0.417. The van der Waals surface area contributed by atoms with E-state index in [-0.39, 0.29) is 19.1 Å². The molecule has 0 unspecified atom stereocenters. The third-order valence-electron chi connectivity index (χ3n) is 2.24. The van der Waals surface area contributed by atoms with Crippen LogP contribution in [-0.4, -0.2) is 30.8 Å². The molecule has 1 rings (SSSR count). The molecule has 0 saturated carbocycles. The molecule has 0 saturated heterocycles. The molecule has 0 aliphatic heterocycles. The van der Waals surface area contributed by atoms with Gasteiger partial charge in [0, 0.05) is 19.2 Å². The monoisotopic (exact) mass is 325 g/mol. The first kappa shape index (κ1) is 16.4. The number of benzene rings is 1. The highest BCUT2D eigenvalue weighted by atomic mass is 35.5. The molecule has 0 heterocycles. The first-order valence-corrected chi connectivity index (χ1v) is 6.83. The molecule has 0 aliphatic carbocycles. The SMILES string of the molecule is O=C(COc1cc(Cl)c(Cl)cc1Cl)NCCCCO. The maximum Gasteiger partial charge on any atom is 0.257 e. The molecule has 0 spiro atoms. The second kappa shape index (κ2) is 8.48. The minimum absolute atomic E-state index is 0.116. The van der Waals surface area contributed by atoms with Crippen LogP contribution in [0.15, 0.2) is 12.1 Å². The molecule has 0 aliphatic rings. The topological polar surface area (TPSA) is 58.6 Å². The zero-order chi connectivity index (χ0) is 14.3. The van der Waals surface area contributed by atoms with Crippen LogP contribution in [0.5, 0.6) is 5.75 Å². The molecule has 7 heteroatoms. The highest BCUT2D eigenvalue weighted by molar-refractivity contribution is 6.43. The van der Waals surface area contributed by atoms with E-state index in [1.807, 2.05) is 0 Å². The van der Waals surface area contributed by atoms with E-state index in [2.05, 4.69) is 5.32 Å². The van der Waals surface area contributed by atoms with Crippen molar-refractivity contribution < 1.29 is 14.6 Å². The molecular formula is C12H14Cl3NO3. The summed E-state index contributed by atoms with van der Waals surface area (Å²) in [5.41, 5.74) is 0. The quantitative estimate of drug-likeness (QED) is 0.598. The molecule has 1 aromatic carbocycles. The number of hydrogen-bond acceptors (Lipinski definition) is 3. The van der Waals surface area contributed by atoms with Crippen molar-refractivity contribution in [3.05, 3.63) is 27.2 Å². The number of amides is 1. The van der Waals surface area contributed by atoms with Crippen LogP contribution in [0.3, 0.4) is 0 Å². The summed E-state index contributed by atoms with van der Waals surface area (Å²) in [7, 11) is 0. The number of unbranched alkanes of at least 4 members (excludes halogenated alkanes) is 1. The van der Waals surface area contributed by atoms with E-state index in [4.69, 9.17) is 44.6 Å². The number of aliphatic hydroxyl groups is 1. The van der Waals surface area contributed by atoms with Gasteiger partial charge in [-0.15, -0.1) is 0 Å². The summed E-state index contributed by atoms with van der Waals surface area (Å²) in [6, 6.07) is 2.92. The maximum atomic E-state index is 11.4. The van der Waals surface area contributed by atoms with Crippen molar-refractivity contribution >= 4 is 40.7 Å². The van der Waals surface area contributed by atoms with Crippen LogP contribution in [0.4, 0.5) is 0 Å². The average Bonchev–Trinajstić information content (AvgIpc) is 2.37. The van der Waals surface area contributed by atoms with Gasteiger partial charge in [-0.3, -0.25) is 4.79 Å². The third-order valence-corrected chi connectivity index (χ3v) is 3.26. The number of hydrogen-bond donors (Lipinski definition) is 2. The molecule has 4 nitrogen and oxygen atoms in total. The number of nitrogens with one attached hydrogen (secondary N) is 1. The minimum atomic E-state index is -0.264. The Morgan fingerprint density at radius 3 is 2.53 bits per heavy atom. The van der Waals surface area contributed by atoms with Gasteiger partial charge in [-0.2, -0.15) is 0 Å². The third kappa shape index (κ3) is 5.87. The molecule has 0 bridgehead atoms. The van der Waals surface area contributed by atoms with E-state index < -0.39 is 0 Å². The molecule has 0 atom stereocenters. The lowest BCUT2D eigenvalue weighted by molar-refractivity contribution is -0.123. The Kier molecular flexibility index (Phi) is 7.31. The molecular weight excluding hydrogens is 312 g/mol. The Morgan fingerprint density at radius 1 is 1.16 bits per heavy atom. The Labute approximate surface area is 126 Å². The summed E-state index contributed by atoms with van der Waals surface area (Å²) in [6.07, 6.45) is 1.37. The normalized spacial score (nSPS) is 10.3. The molecule has 0 aromatic heterocycles. The van der Waals surface area contributed by atoms with Gasteiger partial charge in [0.15, 0.2) is 6.61 Å². The van der Waals surface area contributed by atoms with E-state index in [1.54, 1.807) is 0 Å². The first-order chi connectivity index (χ1) is 9.04. The Bertz CT molecular complexity index is 440. The predicted molar refractivity (Wildman–Crippen MR) is 76.3 cm³/mol. The lowest BCUT2D eigenvalue weighted by atomic mass is 10.3. The van der Waals surface area contributed by atoms with Crippen LogP contribution < -0.4 is 10.1 Å². The average molecular weight is 327 g/mol. The Balaban J connectivity index is 2.40. The van der Waals surface area contributed by atoms with E-state index >= 15 is 0 Å². The summed E-state index contributed by atoms with van der Waals surface area (Å²) in [6.45, 7) is 0.458. The highest BCUT2D eigenvalue weighted by Crippen LogP contribution is 2.33. The standard InChI is InChI=1S/C12H14Cl3NO3/c13-8-5-10(15)11(6-9(8)14)19-7-12(18)16-3-1-2-4-17/h5-6,17H,1-4,7H2,(H,16,18). The molecule has 0 radical (unpaired) electrons. The first-order valence-electron chi connectivity index (χ1n) is 5.69. The van der Waals surface area contributed by atoms with Crippen molar-refractivity contribution in [3.8, 4) is 5.75 Å². The van der Waals surface area contributed by atoms with Gasteiger partial charge in [-0.05, 0) is 18.9 Å². The van der Waals surface area contributed by atoms with Crippen LogP contribution in [-0.2, 0) is 4.79 Å². The minimum Gasteiger partial charge on any atom is -0.482 e. The molecule has 0 fully saturated rings. The van der Waals surface area contributed by atoms with Crippen LogP contribution in [0.1, 0.15) is 12.8 Å². The van der Waals surface area contributed by atoms with Crippen molar-refractivity contribution in [2.24, 2.45) is 0 Å². The Hall–Kier alpha value is -0.680. The van der Waals surface area contributed by atoms with E-state index in [0.717, 1.165) is 6.42 Å². The van der Waals surface area contributed by atoms with Gasteiger partial charge < -0.3 is 15.2 Å². The van der Waals surface area contributed by atoms with E-state index in [0.29, 0.717) is 33.8 Å². The van der Waals surface area contributed by atoms with Crippen LogP contribution in [0, 0.1) is 0 Å². The van der Waals surface area contributed by atoms with Gasteiger partial charge in [0.1, 0.15) is 5.75 Å². The van der Waals surface area contributed by atoms with Crippen molar-refractivity contribution in [2.75, 3.05) is 19.8 Å². The highest BCUT2D eigenvalue weighted by Gasteiger charge is 2.09.